The fourth-order valence-electron chi connectivity index (χ4n) is 2.55. The number of nitrogens with one attached hydrogen (secondary N) is 1. The maximum Gasteiger partial charge on any atom is 0.270 e. The molecule has 0 aliphatic carbocycles. The summed E-state index contributed by atoms with van der Waals surface area (Å²) in [7, 11) is 0. The van der Waals surface area contributed by atoms with Crippen LogP contribution >= 0.6 is 23.8 Å². The Morgan fingerprint density at radius 3 is 2.50 bits per heavy atom. The van der Waals surface area contributed by atoms with Gasteiger partial charge in [-0.15, -0.1) is 0 Å². The van der Waals surface area contributed by atoms with Crippen LogP contribution in [0.1, 0.15) is 18.1 Å². The van der Waals surface area contributed by atoms with Gasteiger partial charge < -0.3 is 5.11 Å². The van der Waals surface area contributed by atoms with Crippen molar-refractivity contribution in [1.82, 2.24) is 5.32 Å². The predicted molar refractivity (Wildman–Crippen MR) is 105 cm³/mol. The number of thiocarbonyl (C=S) groups is 1. The molecule has 132 valence electrons. The summed E-state index contributed by atoms with van der Waals surface area (Å²) in [4.78, 5) is 26.4. The van der Waals surface area contributed by atoms with E-state index in [1.165, 1.54) is 23.1 Å². The largest absolute Gasteiger partial charge is 0.506 e. The molecule has 1 saturated heterocycles. The fraction of sp³-hybridized carbons (Fsp3) is 0.105. The molecule has 2 N–H and O–H groups in total. The Labute approximate surface area is 160 Å². The van der Waals surface area contributed by atoms with Crippen molar-refractivity contribution >= 4 is 52.5 Å². The van der Waals surface area contributed by atoms with E-state index in [0.717, 1.165) is 12.0 Å². The number of carbonyl (C=O) groups is 2. The average molecular weight is 387 g/mol. The van der Waals surface area contributed by atoms with Crippen molar-refractivity contribution in [1.29, 1.82) is 0 Å². The standard InChI is InChI=1S/C19H15ClN2O3S/c1-2-11-3-6-13(7-4-11)22-18(25)14(17(24)21-19(22)26)9-12-5-8-16(23)15(20)10-12/h3-10,23H,2H2,1H3,(H,21,24,26)/b14-9+. The molecule has 1 heterocycles. The Hall–Kier alpha value is -2.70. The van der Waals surface area contributed by atoms with Gasteiger partial charge in [0.2, 0.25) is 0 Å². The molecule has 0 atom stereocenters. The zero-order chi connectivity index (χ0) is 18.8. The van der Waals surface area contributed by atoms with E-state index in [4.69, 9.17) is 23.8 Å². The fourth-order valence-corrected chi connectivity index (χ4v) is 3.02. The molecule has 0 unspecified atom stereocenters. The molecule has 2 aromatic rings. The van der Waals surface area contributed by atoms with Gasteiger partial charge in [-0.1, -0.05) is 36.7 Å². The number of hydrogen-bond acceptors (Lipinski definition) is 4. The van der Waals surface area contributed by atoms with E-state index in [0.29, 0.717) is 11.3 Å². The van der Waals surface area contributed by atoms with E-state index in [9.17, 15) is 14.7 Å². The van der Waals surface area contributed by atoms with Crippen LogP contribution in [0.5, 0.6) is 5.75 Å². The average Bonchev–Trinajstić information content (AvgIpc) is 2.62. The molecule has 0 spiro atoms. The van der Waals surface area contributed by atoms with Crippen LogP contribution in [0.4, 0.5) is 5.69 Å². The molecular weight excluding hydrogens is 372 g/mol. The summed E-state index contributed by atoms with van der Waals surface area (Å²) in [5.74, 6) is -1.18. The second-order valence-electron chi connectivity index (χ2n) is 5.69. The van der Waals surface area contributed by atoms with E-state index >= 15 is 0 Å². The molecule has 0 radical (unpaired) electrons. The lowest BCUT2D eigenvalue weighted by atomic mass is 10.1. The first-order chi connectivity index (χ1) is 12.4. The first kappa shape index (κ1) is 18.1. The number of phenolic OH excluding ortho intramolecular Hbond substituents is 1. The van der Waals surface area contributed by atoms with Gasteiger partial charge in [-0.05, 0) is 60.1 Å². The van der Waals surface area contributed by atoms with E-state index in [1.54, 1.807) is 18.2 Å². The Balaban J connectivity index is 1.99. The monoisotopic (exact) mass is 386 g/mol. The summed E-state index contributed by atoms with van der Waals surface area (Å²) in [6.07, 6.45) is 2.29. The Bertz CT molecular complexity index is 938. The number of phenols is 1. The first-order valence-corrected chi connectivity index (χ1v) is 8.68. The molecule has 0 saturated carbocycles. The minimum absolute atomic E-state index is 0.0325. The van der Waals surface area contributed by atoms with Crippen molar-refractivity contribution in [3.05, 3.63) is 64.2 Å². The molecule has 0 bridgehead atoms. The molecule has 1 fully saturated rings. The van der Waals surface area contributed by atoms with Crippen molar-refractivity contribution in [3.63, 3.8) is 0 Å². The van der Waals surface area contributed by atoms with Crippen molar-refractivity contribution in [2.24, 2.45) is 0 Å². The Morgan fingerprint density at radius 1 is 1.19 bits per heavy atom. The van der Waals surface area contributed by atoms with E-state index in [1.807, 2.05) is 19.1 Å². The van der Waals surface area contributed by atoms with Crippen molar-refractivity contribution in [2.45, 2.75) is 13.3 Å². The van der Waals surface area contributed by atoms with Gasteiger partial charge in [0.25, 0.3) is 11.8 Å². The van der Waals surface area contributed by atoms with Gasteiger partial charge in [-0.25, -0.2) is 0 Å². The zero-order valence-corrected chi connectivity index (χ0v) is 15.4. The lowest BCUT2D eigenvalue weighted by Crippen LogP contribution is -2.54. The van der Waals surface area contributed by atoms with Crippen molar-refractivity contribution in [2.75, 3.05) is 4.90 Å². The third-order valence-corrected chi connectivity index (χ3v) is 4.57. The minimum Gasteiger partial charge on any atom is -0.506 e. The van der Waals surface area contributed by atoms with Gasteiger partial charge >= 0.3 is 0 Å². The van der Waals surface area contributed by atoms with E-state index in [-0.39, 0.29) is 21.5 Å². The van der Waals surface area contributed by atoms with Crippen LogP contribution < -0.4 is 10.2 Å². The van der Waals surface area contributed by atoms with Crippen LogP contribution in [0, 0.1) is 0 Å². The third-order valence-electron chi connectivity index (χ3n) is 3.99. The van der Waals surface area contributed by atoms with Crippen LogP contribution in [0.15, 0.2) is 48.0 Å². The van der Waals surface area contributed by atoms with E-state index < -0.39 is 11.8 Å². The number of carbonyl (C=O) groups excluding carboxylic acids is 2. The summed E-state index contributed by atoms with van der Waals surface area (Å²) in [6.45, 7) is 2.04. The molecule has 5 nitrogen and oxygen atoms in total. The van der Waals surface area contributed by atoms with Gasteiger partial charge in [-0.2, -0.15) is 0 Å². The zero-order valence-electron chi connectivity index (χ0n) is 13.8. The number of hydrogen-bond donors (Lipinski definition) is 2. The quantitative estimate of drug-likeness (QED) is 0.481. The molecule has 1 aliphatic rings. The highest BCUT2D eigenvalue weighted by Crippen LogP contribution is 2.26. The second kappa shape index (κ2) is 7.27. The van der Waals surface area contributed by atoms with Crippen molar-refractivity contribution < 1.29 is 14.7 Å². The number of anilines is 1. The predicted octanol–water partition coefficient (Wildman–Crippen LogP) is 3.44. The maximum absolute atomic E-state index is 12.9. The van der Waals surface area contributed by atoms with Crippen LogP contribution in [0.25, 0.3) is 6.08 Å². The number of aryl methyl sites for hydroxylation is 1. The Morgan fingerprint density at radius 2 is 1.88 bits per heavy atom. The van der Waals surface area contributed by atoms with Crippen LogP contribution in [-0.4, -0.2) is 22.0 Å². The second-order valence-corrected chi connectivity index (χ2v) is 6.48. The molecule has 26 heavy (non-hydrogen) atoms. The smallest absolute Gasteiger partial charge is 0.270 e. The lowest BCUT2D eigenvalue weighted by molar-refractivity contribution is -0.122. The molecule has 2 amide bonds. The van der Waals surface area contributed by atoms with Crippen LogP contribution in [0.2, 0.25) is 5.02 Å². The summed E-state index contributed by atoms with van der Waals surface area (Å²) in [5, 5.41) is 12.2. The summed E-state index contributed by atoms with van der Waals surface area (Å²) in [5.41, 5.74) is 2.15. The third kappa shape index (κ3) is 3.47. The highest BCUT2D eigenvalue weighted by atomic mass is 35.5. The van der Waals surface area contributed by atoms with Gasteiger partial charge in [0.15, 0.2) is 5.11 Å². The molecule has 2 aromatic carbocycles. The minimum atomic E-state index is -0.578. The maximum atomic E-state index is 12.9. The van der Waals surface area contributed by atoms with E-state index in [2.05, 4.69) is 5.32 Å². The SMILES string of the molecule is CCc1ccc(N2C(=O)/C(=C/c3ccc(O)c(Cl)c3)C(=O)NC2=S)cc1. The lowest BCUT2D eigenvalue weighted by Gasteiger charge is -2.29. The highest BCUT2D eigenvalue weighted by molar-refractivity contribution is 7.80. The molecule has 1 aliphatic heterocycles. The Kier molecular flexibility index (Phi) is 5.06. The van der Waals surface area contributed by atoms with Gasteiger partial charge in [0.05, 0.1) is 10.7 Å². The molecule has 0 aromatic heterocycles. The molecule has 3 rings (SSSR count). The summed E-state index contributed by atoms with van der Waals surface area (Å²) in [6, 6.07) is 11.8. The van der Waals surface area contributed by atoms with Gasteiger partial charge in [-0.3, -0.25) is 19.8 Å². The molecule has 7 heteroatoms. The summed E-state index contributed by atoms with van der Waals surface area (Å²) < 4.78 is 0. The number of amides is 2. The van der Waals surface area contributed by atoms with Crippen LogP contribution in [-0.2, 0) is 16.0 Å². The van der Waals surface area contributed by atoms with Crippen LogP contribution in [0.3, 0.4) is 0 Å². The van der Waals surface area contributed by atoms with Crippen molar-refractivity contribution in [3.8, 4) is 5.75 Å². The number of nitrogens with zero attached hydrogens (tertiary/aromatic N) is 1. The van der Waals surface area contributed by atoms with Gasteiger partial charge in [0.1, 0.15) is 11.3 Å². The normalized spacial score (nSPS) is 16.2. The number of halogens is 1. The number of aromatic hydroxyl groups is 1. The summed E-state index contributed by atoms with van der Waals surface area (Å²) >= 11 is 11.1. The topological polar surface area (TPSA) is 69.6 Å². The molecular formula is C19H15ClN2O3S. The first-order valence-electron chi connectivity index (χ1n) is 7.89. The highest BCUT2D eigenvalue weighted by Gasteiger charge is 2.34. The number of rotatable bonds is 3. The number of benzene rings is 2. The van der Waals surface area contributed by atoms with Gasteiger partial charge in [0, 0.05) is 0 Å².